The van der Waals surface area contributed by atoms with Crippen LogP contribution in [0.25, 0.3) is 0 Å². The Morgan fingerprint density at radius 1 is 1.29 bits per heavy atom. The molecule has 6 nitrogen and oxygen atoms in total. The third kappa shape index (κ3) is 5.79. The monoisotopic (exact) mass is 399 g/mol. The lowest BCUT2D eigenvalue weighted by atomic mass is 10.2. The Kier molecular flexibility index (Phi) is 7.42. The number of thiazole rings is 1. The van der Waals surface area contributed by atoms with Crippen LogP contribution in [-0.2, 0) is 17.8 Å². The lowest BCUT2D eigenvalue weighted by Crippen LogP contribution is -2.37. The molecule has 3 rings (SSSR count). The van der Waals surface area contributed by atoms with Crippen LogP contribution in [0.2, 0.25) is 0 Å². The molecule has 2 aromatic rings. The van der Waals surface area contributed by atoms with Crippen molar-refractivity contribution in [3.8, 4) is 0 Å². The first-order valence-electron chi connectivity index (χ1n) is 9.98. The van der Waals surface area contributed by atoms with Gasteiger partial charge in [0.2, 0.25) is 5.91 Å². The van der Waals surface area contributed by atoms with Gasteiger partial charge in [0.1, 0.15) is 0 Å². The summed E-state index contributed by atoms with van der Waals surface area (Å²) in [6.45, 7) is 7.22. The number of benzene rings is 1. The molecule has 1 fully saturated rings. The van der Waals surface area contributed by atoms with Crippen molar-refractivity contribution in [3.63, 3.8) is 0 Å². The van der Waals surface area contributed by atoms with Crippen LogP contribution in [0.3, 0.4) is 0 Å². The number of aromatic nitrogens is 1. The van der Waals surface area contributed by atoms with E-state index in [4.69, 9.17) is 0 Å². The van der Waals surface area contributed by atoms with Gasteiger partial charge in [-0.2, -0.15) is 0 Å². The Balaban J connectivity index is 1.48. The minimum atomic E-state index is 0.220. The van der Waals surface area contributed by atoms with Gasteiger partial charge in [0.05, 0.1) is 11.6 Å². The summed E-state index contributed by atoms with van der Waals surface area (Å²) in [4.78, 5) is 22.9. The molecule has 7 heteroatoms. The number of carbonyl (C=O) groups is 1. The van der Waals surface area contributed by atoms with Gasteiger partial charge in [-0.15, -0.1) is 11.3 Å². The number of carbonyl (C=O) groups excluding carboxylic acids is 1. The Hall–Kier alpha value is -2.41. The van der Waals surface area contributed by atoms with Gasteiger partial charge in [0.15, 0.2) is 5.96 Å². The standard InChI is InChI=1S/C21H29N5OS/c1-3-22-21(23-12-4-6-19-25-16(2)15-28-19)24-14-17-8-10-18(11-9-17)26-13-5-7-20(26)27/h8-11,15H,3-7,12-14H2,1-2H3,(H2,22,23,24). The molecule has 0 saturated carbocycles. The molecule has 1 saturated heterocycles. The summed E-state index contributed by atoms with van der Waals surface area (Å²) in [5.41, 5.74) is 3.21. The van der Waals surface area contributed by atoms with Crippen LogP contribution in [0.5, 0.6) is 0 Å². The first kappa shape index (κ1) is 20.3. The van der Waals surface area contributed by atoms with Gasteiger partial charge in [-0.25, -0.2) is 9.98 Å². The lowest BCUT2D eigenvalue weighted by Gasteiger charge is -2.16. The molecule has 0 atom stereocenters. The number of aryl methyl sites for hydroxylation is 2. The first-order chi connectivity index (χ1) is 13.7. The molecule has 0 spiro atoms. The zero-order valence-corrected chi connectivity index (χ0v) is 17.5. The van der Waals surface area contributed by atoms with Crippen molar-refractivity contribution in [2.75, 3.05) is 24.5 Å². The maximum atomic E-state index is 11.8. The molecule has 1 aromatic heterocycles. The highest BCUT2D eigenvalue weighted by molar-refractivity contribution is 7.09. The maximum Gasteiger partial charge on any atom is 0.227 e. The van der Waals surface area contributed by atoms with Crippen molar-refractivity contribution in [3.05, 3.63) is 45.9 Å². The van der Waals surface area contributed by atoms with Crippen molar-refractivity contribution in [2.24, 2.45) is 4.99 Å². The molecular formula is C21H29N5OS. The van der Waals surface area contributed by atoms with Gasteiger partial charge in [-0.05, 0) is 44.4 Å². The molecule has 1 aromatic carbocycles. The maximum absolute atomic E-state index is 11.8. The van der Waals surface area contributed by atoms with E-state index in [0.29, 0.717) is 13.0 Å². The van der Waals surface area contributed by atoms with Crippen LogP contribution in [0.1, 0.15) is 42.5 Å². The van der Waals surface area contributed by atoms with E-state index < -0.39 is 0 Å². The number of aliphatic imine (C=N–C) groups is 1. The molecule has 150 valence electrons. The molecule has 1 aliphatic rings. The second-order valence-electron chi connectivity index (χ2n) is 6.92. The highest BCUT2D eigenvalue weighted by Gasteiger charge is 2.21. The smallest absolute Gasteiger partial charge is 0.227 e. The largest absolute Gasteiger partial charge is 0.357 e. The van der Waals surface area contributed by atoms with Crippen molar-refractivity contribution in [1.29, 1.82) is 0 Å². The van der Waals surface area contributed by atoms with Crippen molar-refractivity contribution in [2.45, 2.75) is 46.1 Å². The van der Waals surface area contributed by atoms with Crippen molar-refractivity contribution < 1.29 is 4.79 Å². The predicted molar refractivity (Wildman–Crippen MR) is 116 cm³/mol. The Morgan fingerprint density at radius 2 is 2.11 bits per heavy atom. The van der Waals surface area contributed by atoms with Crippen LogP contribution in [0.15, 0.2) is 34.6 Å². The molecule has 2 N–H and O–H groups in total. The number of hydrogen-bond acceptors (Lipinski definition) is 4. The number of nitrogens with zero attached hydrogens (tertiary/aromatic N) is 3. The third-order valence-corrected chi connectivity index (χ3v) is 5.64. The summed E-state index contributed by atoms with van der Waals surface area (Å²) in [6, 6.07) is 8.15. The number of anilines is 1. The van der Waals surface area contributed by atoms with Crippen LogP contribution < -0.4 is 15.5 Å². The Labute approximate surface area is 171 Å². The quantitative estimate of drug-likeness (QED) is 0.406. The number of hydrogen-bond donors (Lipinski definition) is 2. The second-order valence-corrected chi connectivity index (χ2v) is 7.87. The Bertz CT molecular complexity index is 799. The molecule has 0 bridgehead atoms. The van der Waals surface area contributed by atoms with E-state index in [1.54, 1.807) is 11.3 Å². The van der Waals surface area contributed by atoms with E-state index in [-0.39, 0.29) is 5.91 Å². The summed E-state index contributed by atoms with van der Waals surface area (Å²) in [7, 11) is 0. The molecular weight excluding hydrogens is 370 g/mol. The van der Waals surface area contributed by atoms with Crippen LogP contribution >= 0.6 is 11.3 Å². The van der Waals surface area contributed by atoms with Gasteiger partial charge in [0, 0.05) is 49.2 Å². The summed E-state index contributed by atoms with van der Waals surface area (Å²) in [5.74, 6) is 1.05. The van der Waals surface area contributed by atoms with Crippen molar-refractivity contribution >= 4 is 28.9 Å². The first-order valence-corrected chi connectivity index (χ1v) is 10.9. The molecule has 2 heterocycles. The van der Waals surface area contributed by atoms with E-state index >= 15 is 0 Å². The minimum Gasteiger partial charge on any atom is -0.357 e. The third-order valence-electron chi connectivity index (χ3n) is 4.61. The molecule has 28 heavy (non-hydrogen) atoms. The SMILES string of the molecule is CCNC(=NCc1ccc(N2CCCC2=O)cc1)NCCCc1nc(C)cs1. The van der Waals surface area contributed by atoms with Gasteiger partial charge in [-0.1, -0.05) is 12.1 Å². The van der Waals surface area contributed by atoms with E-state index in [1.807, 2.05) is 24.0 Å². The fourth-order valence-corrected chi connectivity index (χ4v) is 4.00. The number of guanidine groups is 1. The summed E-state index contributed by atoms with van der Waals surface area (Å²) < 4.78 is 0. The number of nitrogens with one attached hydrogen (secondary N) is 2. The van der Waals surface area contributed by atoms with Crippen molar-refractivity contribution in [1.82, 2.24) is 15.6 Å². The fourth-order valence-electron chi connectivity index (χ4n) is 3.18. The lowest BCUT2D eigenvalue weighted by molar-refractivity contribution is -0.117. The van der Waals surface area contributed by atoms with Crippen LogP contribution in [0.4, 0.5) is 5.69 Å². The van der Waals surface area contributed by atoms with Gasteiger partial charge < -0.3 is 15.5 Å². The Morgan fingerprint density at radius 3 is 2.75 bits per heavy atom. The molecule has 1 aliphatic heterocycles. The highest BCUT2D eigenvalue weighted by Crippen LogP contribution is 2.21. The van der Waals surface area contributed by atoms with Gasteiger partial charge in [-0.3, -0.25) is 4.79 Å². The summed E-state index contributed by atoms with van der Waals surface area (Å²) in [5, 5.41) is 9.97. The fraction of sp³-hybridized carbons (Fsp3) is 0.476. The van der Waals surface area contributed by atoms with E-state index in [9.17, 15) is 4.79 Å². The number of amides is 1. The van der Waals surface area contributed by atoms with Gasteiger partial charge in [0.25, 0.3) is 0 Å². The average Bonchev–Trinajstić information content (AvgIpc) is 3.31. The zero-order valence-electron chi connectivity index (χ0n) is 16.7. The summed E-state index contributed by atoms with van der Waals surface area (Å²) >= 11 is 1.73. The predicted octanol–water partition coefficient (Wildman–Crippen LogP) is 3.27. The van der Waals surface area contributed by atoms with Gasteiger partial charge >= 0.3 is 0 Å². The molecule has 0 aliphatic carbocycles. The molecule has 0 radical (unpaired) electrons. The van der Waals surface area contributed by atoms with Crippen LogP contribution in [-0.4, -0.2) is 36.5 Å². The van der Waals surface area contributed by atoms with E-state index in [1.165, 1.54) is 5.01 Å². The normalized spacial score (nSPS) is 14.6. The van der Waals surface area contributed by atoms with Crippen LogP contribution in [0, 0.1) is 6.92 Å². The number of rotatable bonds is 8. The average molecular weight is 400 g/mol. The molecule has 0 unspecified atom stereocenters. The second kappa shape index (κ2) is 10.2. The zero-order chi connectivity index (χ0) is 19.8. The highest BCUT2D eigenvalue weighted by atomic mass is 32.1. The topological polar surface area (TPSA) is 69.6 Å². The minimum absolute atomic E-state index is 0.220. The van der Waals surface area contributed by atoms with E-state index in [2.05, 4.69) is 45.0 Å². The molecule has 1 amide bonds. The van der Waals surface area contributed by atoms with E-state index in [0.717, 1.165) is 61.8 Å². The summed E-state index contributed by atoms with van der Waals surface area (Å²) in [6.07, 6.45) is 3.62.